The molecule has 3 aliphatic heterocycles. The quantitative estimate of drug-likeness (QED) is 0.906. The van der Waals surface area contributed by atoms with Gasteiger partial charge in [-0.05, 0) is 51.7 Å². The third kappa shape index (κ3) is 2.33. The van der Waals surface area contributed by atoms with Gasteiger partial charge in [-0.25, -0.2) is 4.98 Å². The number of imidazole rings is 1. The minimum absolute atomic E-state index is 0.309. The normalized spacial score (nSPS) is 33.0. The first-order chi connectivity index (χ1) is 10.3. The first-order valence-electron chi connectivity index (χ1n) is 8.75. The molecule has 4 nitrogen and oxygen atoms in total. The van der Waals surface area contributed by atoms with E-state index in [0.29, 0.717) is 11.5 Å². The van der Waals surface area contributed by atoms with Crippen LogP contribution in [-0.4, -0.2) is 46.7 Å². The van der Waals surface area contributed by atoms with Crippen LogP contribution in [-0.2, 0) is 5.41 Å². The summed E-state index contributed by atoms with van der Waals surface area (Å²) in [4.78, 5) is 7.27. The Hall–Kier alpha value is -0.870. The Morgan fingerprint density at radius 3 is 2.86 bits per heavy atom. The molecule has 116 valence electrons. The molecule has 1 N–H and O–H groups in total. The van der Waals surface area contributed by atoms with Crippen LogP contribution in [0.25, 0.3) is 0 Å². The van der Waals surface area contributed by atoms with Gasteiger partial charge in [0.25, 0.3) is 0 Å². The molecule has 4 heterocycles. The minimum atomic E-state index is 0.309. The summed E-state index contributed by atoms with van der Waals surface area (Å²) in [7, 11) is 0. The van der Waals surface area contributed by atoms with Gasteiger partial charge in [-0.2, -0.15) is 0 Å². The van der Waals surface area contributed by atoms with Crippen molar-refractivity contribution in [1.82, 2.24) is 19.8 Å². The highest BCUT2D eigenvalue weighted by molar-refractivity contribution is 5.17. The molecule has 4 heteroatoms. The van der Waals surface area contributed by atoms with Gasteiger partial charge >= 0.3 is 0 Å². The zero-order chi connectivity index (χ0) is 14.3. The second-order valence-electron chi connectivity index (χ2n) is 7.45. The van der Waals surface area contributed by atoms with Crippen LogP contribution in [0.2, 0.25) is 0 Å². The summed E-state index contributed by atoms with van der Waals surface area (Å²) < 4.78 is 2.56. The molecular weight excluding hydrogens is 260 g/mol. The lowest BCUT2D eigenvalue weighted by Crippen LogP contribution is -2.41. The third-order valence-electron chi connectivity index (χ3n) is 6.17. The summed E-state index contributed by atoms with van der Waals surface area (Å²) in [6, 6.07) is 1.42. The van der Waals surface area contributed by atoms with E-state index < -0.39 is 0 Å². The molecule has 0 amide bonds. The molecule has 0 aromatic carbocycles. The van der Waals surface area contributed by atoms with E-state index in [0.717, 1.165) is 19.1 Å². The fourth-order valence-corrected chi connectivity index (χ4v) is 4.82. The molecule has 0 aliphatic carbocycles. The molecule has 2 unspecified atom stereocenters. The van der Waals surface area contributed by atoms with Gasteiger partial charge in [0, 0.05) is 29.9 Å². The van der Waals surface area contributed by atoms with Crippen molar-refractivity contribution in [3.8, 4) is 0 Å². The van der Waals surface area contributed by atoms with Crippen molar-refractivity contribution in [3.05, 3.63) is 18.2 Å². The van der Waals surface area contributed by atoms with Crippen LogP contribution in [0.1, 0.15) is 57.2 Å². The summed E-state index contributed by atoms with van der Waals surface area (Å²) in [5.74, 6) is 0. The van der Waals surface area contributed by atoms with E-state index in [-0.39, 0.29) is 0 Å². The number of rotatable bonds is 2. The van der Waals surface area contributed by atoms with E-state index in [9.17, 15) is 0 Å². The molecule has 4 rings (SSSR count). The van der Waals surface area contributed by atoms with Gasteiger partial charge in [0.05, 0.1) is 12.4 Å². The Balaban J connectivity index is 1.63. The van der Waals surface area contributed by atoms with E-state index in [4.69, 9.17) is 0 Å². The first-order valence-corrected chi connectivity index (χ1v) is 8.75. The lowest BCUT2D eigenvalue weighted by molar-refractivity contribution is 0.169. The lowest BCUT2D eigenvalue weighted by Gasteiger charge is -2.38. The SMILES string of the molecule is CC1(c2cncn2C2CCN3CCCCC23)CCNCC1. The smallest absolute Gasteiger partial charge is 0.0951 e. The van der Waals surface area contributed by atoms with Crippen LogP contribution < -0.4 is 5.32 Å². The maximum absolute atomic E-state index is 4.55. The van der Waals surface area contributed by atoms with Crippen LogP contribution in [0.5, 0.6) is 0 Å². The van der Waals surface area contributed by atoms with Gasteiger partial charge in [0.1, 0.15) is 0 Å². The molecular formula is C17H28N4. The molecule has 1 aromatic heterocycles. The number of hydrogen-bond acceptors (Lipinski definition) is 3. The van der Waals surface area contributed by atoms with Crippen LogP contribution in [0.3, 0.4) is 0 Å². The summed E-state index contributed by atoms with van der Waals surface area (Å²) in [5, 5.41) is 3.50. The van der Waals surface area contributed by atoms with Crippen molar-refractivity contribution in [3.63, 3.8) is 0 Å². The Kier molecular flexibility index (Phi) is 3.54. The lowest BCUT2D eigenvalue weighted by atomic mass is 9.78. The molecule has 0 bridgehead atoms. The second kappa shape index (κ2) is 5.40. The standard InChI is InChI=1S/C17H28N4/c1-17(6-8-18-9-7-17)16-12-19-13-21(16)15-5-11-20-10-3-2-4-14(15)20/h12-15,18H,2-11H2,1H3. The number of piperidine rings is 2. The van der Waals surface area contributed by atoms with Gasteiger partial charge in [0.2, 0.25) is 0 Å². The number of nitrogens with one attached hydrogen (secondary N) is 1. The Labute approximate surface area is 127 Å². The second-order valence-corrected chi connectivity index (χ2v) is 7.45. The number of hydrogen-bond donors (Lipinski definition) is 1. The fraction of sp³-hybridized carbons (Fsp3) is 0.824. The predicted molar refractivity (Wildman–Crippen MR) is 84.5 cm³/mol. The summed E-state index contributed by atoms with van der Waals surface area (Å²) in [6.45, 7) is 7.32. The Bertz CT molecular complexity index is 489. The summed E-state index contributed by atoms with van der Waals surface area (Å²) >= 11 is 0. The summed E-state index contributed by atoms with van der Waals surface area (Å²) in [5.41, 5.74) is 1.80. The topological polar surface area (TPSA) is 33.1 Å². The molecule has 3 fully saturated rings. The highest BCUT2D eigenvalue weighted by atomic mass is 15.3. The van der Waals surface area contributed by atoms with Gasteiger partial charge < -0.3 is 9.88 Å². The van der Waals surface area contributed by atoms with Crippen molar-refractivity contribution in [2.24, 2.45) is 0 Å². The molecule has 0 saturated carbocycles. The van der Waals surface area contributed by atoms with Crippen LogP contribution in [0.4, 0.5) is 0 Å². The van der Waals surface area contributed by atoms with Gasteiger partial charge in [-0.1, -0.05) is 13.3 Å². The molecule has 3 aliphatic rings. The first kappa shape index (κ1) is 13.8. The van der Waals surface area contributed by atoms with Crippen LogP contribution in [0.15, 0.2) is 12.5 Å². The van der Waals surface area contributed by atoms with E-state index in [1.54, 1.807) is 0 Å². The minimum Gasteiger partial charge on any atom is -0.329 e. The molecule has 0 radical (unpaired) electrons. The third-order valence-corrected chi connectivity index (χ3v) is 6.17. The predicted octanol–water partition coefficient (Wildman–Crippen LogP) is 2.32. The van der Waals surface area contributed by atoms with Gasteiger partial charge in [-0.15, -0.1) is 0 Å². The van der Waals surface area contributed by atoms with Crippen molar-refractivity contribution >= 4 is 0 Å². The van der Waals surface area contributed by atoms with Gasteiger partial charge in [-0.3, -0.25) is 4.90 Å². The van der Waals surface area contributed by atoms with Gasteiger partial charge in [0.15, 0.2) is 0 Å². The maximum atomic E-state index is 4.55. The summed E-state index contributed by atoms with van der Waals surface area (Å²) in [6.07, 6.45) is 12.2. The van der Waals surface area contributed by atoms with Crippen molar-refractivity contribution in [2.45, 2.75) is 62.9 Å². The Morgan fingerprint density at radius 1 is 1.14 bits per heavy atom. The molecule has 2 atom stereocenters. The molecule has 1 aromatic rings. The molecule has 0 spiro atoms. The highest BCUT2D eigenvalue weighted by Crippen LogP contribution is 2.40. The Morgan fingerprint density at radius 2 is 2.00 bits per heavy atom. The van der Waals surface area contributed by atoms with E-state index in [1.165, 1.54) is 57.3 Å². The fourth-order valence-electron chi connectivity index (χ4n) is 4.82. The number of fused-ring (bicyclic) bond motifs is 1. The van der Waals surface area contributed by atoms with Crippen LogP contribution >= 0.6 is 0 Å². The van der Waals surface area contributed by atoms with E-state index in [1.807, 2.05) is 0 Å². The molecule has 3 saturated heterocycles. The van der Waals surface area contributed by atoms with Crippen molar-refractivity contribution in [1.29, 1.82) is 0 Å². The average molecular weight is 288 g/mol. The zero-order valence-corrected chi connectivity index (χ0v) is 13.2. The van der Waals surface area contributed by atoms with Crippen molar-refractivity contribution in [2.75, 3.05) is 26.2 Å². The number of aromatic nitrogens is 2. The van der Waals surface area contributed by atoms with E-state index >= 15 is 0 Å². The zero-order valence-electron chi connectivity index (χ0n) is 13.2. The maximum Gasteiger partial charge on any atom is 0.0951 e. The highest BCUT2D eigenvalue weighted by Gasteiger charge is 2.40. The van der Waals surface area contributed by atoms with Crippen molar-refractivity contribution < 1.29 is 0 Å². The average Bonchev–Trinajstić information content (AvgIpc) is 3.14. The monoisotopic (exact) mass is 288 g/mol. The largest absolute Gasteiger partial charge is 0.329 e. The van der Waals surface area contributed by atoms with E-state index in [2.05, 4.69) is 39.2 Å². The molecule has 21 heavy (non-hydrogen) atoms. The van der Waals surface area contributed by atoms with Crippen LogP contribution in [0, 0.1) is 0 Å². The number of nitrogens with zero attached hydrogens (tertiary/aromatic N) is 3.